The Morgan fingerprint density at radius 3 is 2.84 bits per heavy atom. The van der Waals surface area contributed by atoms with E-state index < -0.39 is 0 Å². The zero-order valence-electron chi connectivity index (χ0n) is 13.8. The first kappa shape index (κ1) is 16.4. The van der Waals surface area contributed by atoms with E-state index in [4.69, 9.17) is 27.6 Å². The molecule has 1 aliphatic rings. The molecular weight excluding hydrogens is 357 g/mol. The summed E-state index contributed by atoms with van der Waals surface area (Å²) in [6, 6.07) is 11.8. The van der Waals surface area contributed by atoms with E-state index in [1.165, 1.54) is 16.8 Å². The van der Waals surface area contributed by atoms with Gasteiger partial charge in [0.25, 0.3) is 0 Å². The second-order valence-corrected chi connectivity index (χ2v) is 7.13. The molecule has 3 aromatic rings. The summed E-state index contributed by atoms with van der Waals surface area (Å²) in [6.07, 6.45) is 2.24. The molecule has 0 amide bonds. The van der Waals surface area contributed by atoms with E-state index >= 15 is 0 Å². The van der Waals surface area contributed by atoms with Crippen LogP contribution in [0.2, 0.25) is 10.0 Å². The fourth-order valence-corrected chi connectivity index (χ4v) is 3.71. The van der Waals surface area contributed by atoms with Crippen LogP contribution in [-0.2, 0) is 13.0 Å². The number of aromatic nitrogens is 2. The van der Waals surface area contributed by atoms with Crippen LogP contribution in [-0.4, -0.2) is 16.7 Å². The standard InChI is InChI=1S/C19H17Cl2N3O/c1-12-4-7-17-13(9-12)3-2-8-24(17)11-18-22-23-19(25-18)15-6-5-14(20)10-16(15)21/h4-7,9-10H,2-3,8,11H2,1H3. The first-order valence-corrected chi connectivity index (χ1v) is 8.98. The van der Waals surface area contributed by atoms with Crippen molar-refractivity contribution in [2.45, 2.75) is 26.3 Å². The summed E-state index contributed by atoms with van der Waals surface area (Å²) in [5.74, 6) is 0.993. The van der Waals surface area contributed by atoms with Crippen LogP contribution in [0.15, 0.2) is 40.8 Å². The Kier molecular flexibility index (Phi) is 4.40. The molecule has 6 heteroatoms. The van der Waals surface area contributed by atoms with Crippen LogP contribution >= 0.6 is 23.2 Å². The van der Waals surface area contributed by atoms with Gasteiger partial charge in [0.05, 0.1) is 17.1 Å². The molecule has 0 spiro atoms. The van der Waals surface area contributed by atoms with Crippen molar-refractivity contribution < 1.29 is 4.42 Å². The Balaban J connectivity index is 1.58. The maximum atomic E-state index is 6.22. The summed E-state index contributed by atoms with van der Waals surface area (Å²) in [6.45, 7) is 3.70. The Labute approximate surface area is 156 Å². The molecule has 1 aromatic heterocycles. The number of aryl methyl sites for hydroxylation is 2. The zero-order valence-corrected chi connectivity index (χ0v) is 15.3. The highest BCUT2D eigenvalue weighted by Crippen LogP contribution is 2.31. The fraction of sp³-hybridized carbons (Fsp3) is 0.263. The number of fused-ring (bicyclic) bond motifs is 1. The predicted octanol–water partition coefficient (Wildman–Crippen LogP) is 5.30. The zero-order chi connectivity index (χ0) is 17.4. The van der Waals surface area contributed by atoms with Gasteiger partial charge in [-0.05, 0) is 49.6 Å². The average Bonchev–Trinajstić information content (AvgIpc) is 3.03. The largest absolute Gasteiger partial charge is 0.419 e. The molecule has 0 bridgehead atoms. The molecule has 1 aliphatic heterocycles. The minimum absolute atomic E-state index is 0.415. The lowest BCUT2D eigenvalue weighted by atomic mass is 10.00. The molecule has 0 atom stereocenters. The molecule has 4 nitrogen and oxygen atoms in total. The van der Waals surface area contributed by atoms with Crippen LogP contribution in [0.1, 0.15) is 23.4 Å². The Bertz CT molecular complexity index is 923. The molecule has 25 heavy (non-hydrogen) atoms. The van der Waals surface area contributed by atoms with E-state index in [9.17, 15) is 0 Å². The molecule has 0 fully saturated rings. The highest BCUT2D eigenvalue weighted by atomic mass is 35.5. The van der Waals surface area contributed by atoms with Crippen molar-refractivity contribution in [3.05, 3.63) is 63.5 Å². The van der Waals surface area contributed by atoms with E-state index in [0.29, 0.717) is 33.9 Å². The van der Waals surface area contributed by atoms with Crippen molar-refractivity contribution >= 4 is 28.9 Å². The molecule has 0 N–H and O–H groups in total. The summed E-state index contributed by atoms with van der Waals surface area (Å²) >= 11 is 12.2. The maximum Gasteiger partial charge on any atom is 0.249 e. The van der Waals surface area contributed by atoms with Gasteiger partial charge in [-0.2, -0.15) is 0 Å². The lowest BCUT2D eigenvalue weighted by molar-refractivity contribution is 0.493. The number of anilines is 1. The molecule has 0 aliphatic carbocycles. The molecule has 0 saturated carbocycles. The second kappa shape index (κ2) is 6.70. The number of hydrogen-bond acceptors (Lipinski definition) is 4. The van der Waals surface area contributed by atoms with E-state index in [1.54, 1.807) is 18.2 Å². The van der Waals surface area contributed by atoms with Gasteiger partial charge in [-0.25, -0.2) is 0 Å². The molecule has 128 valence electrons. The van der Waals surface area contributed by atoms with Gasteiger partial charge in [0.15, 0.2) is 0 Å². The summed E-state index contributed by atoms with van der Waals surface area (Å²) in [7, 11) is 0. The summed E-state index contributed by atoms with van der Waals surface area (Å²) in [4.78, 5) is 2.29. The van der Waals surface area contributed by atoms with Gasteiger partial charge in [-0.1, -0.05) is 40.9 Å². The smallest absolute Gasteiger partial charge is 0.249 e. The van der Waals surface area contributed by atoms with Gasteiger partial charge in [-0.3, -0.25) is 0 Å². The summed E-state index contributed by atoms with van der Waals surface area (Å²) < 4.78 is 5.84. The summed E-state index contributed by atoms with van der Waals surface area (Å²) in [5, 5.41) is 9.41. The van der Waals surface area contributed by atoms with E-state index in [0.717, 1.165) is 19.4 Å². The van der Waals surface area contributed by atoms with Crippen molar-refractivity contribution in [3.8, 4) is 11.5 Å². The van der Waals surface area contributed by atoms with Crippen molar-refractivity contribution in [1.82, 2.24) is 10.2 Å². The Morgan fingerprint density at radius 1 is 1.12 bits per heavy atom. The minimum atomic E-state index is 0.415. The third-order valence-corrected chi connectivity index (χ3v) is 4.95. The number of halogens is 2. The lowest BCUT2D eigenvalue weighted by Gasteiger charge is -2.30. The van der Waals surface area contributed by atoms with Crippen molar-refractivity contribution in [2.75, 3.05) is 11.4 Å². The van der Waals surface area contributed by atoms with Gasteiger partial charge < -0.3 is 9.32 Å². The first-order valence-electron chi connectivity index (χ1n) is 8.22. The fourth-order valence-electron chi connectivity index (χ4n) is 3.22. The van der Waals surface area contributed by atoms with Crippen molar-refractivity contribution in [1.29, 1.82) is 0 Å². The van der Waals surface area contributed by atoms with Crippen LogP contribution in [0.25, 0.3) is 11.5 Å². The van der Waals surface area contributed by atoms with Crippen molar-refractivity contribution in [3.63, 3.8) is 0 Å². The van der Waals surface area contributed by atoms with Crippen LogP contribution < -0.4 is 4.90 Å². The third-order valence-electron chi connectivity index (χ3n) is 4.40. The quantitative estimate of drug-likeness (QED) is 0.624. The molecule has 0 saturated heterocycles. The number of nitrogens with zero attached hydrogens (tertiary/aromatic N) is 3. The second-order valence-electron chi connectivity index (χ2n) is 6.28. The Morgan fingerprint density at radius 2 is 2.00 bits per heavy atom. The van der Waals surface area contributed by atoms with Crippen molar-refractivity contribution in [2.24, 2.45) is 0 Å². The van der Waals surface area contributed by atoms with Crippen LogP contribution in [0, 0.1) is 6.92 Å². The lowest BCUT2D eigenvalue weighted by Crippen LogP contribution is -2.29. The topological polar surface area (TPSA) is 42.2 Å². The molecule has 2 heterocycles. The predicted molar refractivity (Wildman–Crippen MR) is 100 cm³/mol. The highest BCUT2D eigenvalue weighted by Gasteiger charge is 2.20. The average molecular weight is 374 g/mol. The van der Waals surface area contributed by atoms with Crippen LogP contribution in [0.5, 0.6) is 0 Å². The normalized spacial score (nSPS) is 13.8. The van der Waals surface area contributed by atoms with Crippen LogP contribution in [0.4, 0.5) is 5.69 Å². The van der Waals surface area contributed by atoms with Crippen LogP contribution in [0.3, 0.4) is 0 Å². The van der Waals surface area contributed by atoms with Gasteiger partial charge >= 0.3 is 0 Å². The monoisotopic (exact) mass is 373 g/mol. The van der Waals surface area contributed by atoms with E-state index in [2.05, 4.69) is 40.2 Å². The first-order chi connectivity index (χ1) is 12.1. The Hall–Kier alpha value is -2.04. The number of rotatable bonds is 3. The van der Waals surface area contributed by atoms with E-state index in [-0.39, 0.29) is 0 Å². The van der Waals surface area contributed by atoms with E-state index in [1.807, 2.05) is 0 Å². The maximum absolute atomic E-state index is 6.22. The molecular formula is C19H17Cl2N3O. The number of benzene rings is 2. The SMILES string of the molecule is Cc1ccc2c(c1)CCCN2Cc1nnc(-c2ccc(Cl)cc2Cl)o1. The molecule has 2 aromatic carbocycles. The van der Waals surface area contributed by atoms with Gasteiger partial charge in [0, 0.05) is 17.3 Å². The van der Waals surface area contributed by atoms with Gasteiger partial charge in [0.1, 0.15) is 0 Å². The number of hydrogen-bond donors (Lipinski definition) is 0. The molecule has 0 radical (unpaired) electrons. The third kappa shape index (κ3) is 3.37. The highest BCUT2D eigenvalue weighted by molar-refractivity contribution is 6.36. The molecule has 0 unspecified atom stereocenters. The van der Waals surface area contributed by atoms with Gasteiger partial charge in [-0.15, -0.1) is 10.2 Å². The minimum Gasteiger partial charge on any atom is -0.419 e. The van der Waals surface area contributed by atoms with Gasteiger partial charge in [0.2, 0.25) is 11.8 Å². The molecule has 4 rings (SSSR count). The summed E-state index contributed by atoms with van der Waals surface area (Å²) in [5.41, 5.74) is 4.62.